The molecule has 2 N–H and O–H groups in total. The van der Waals surface area contributed by atoms with Gasteiger partial charge in [0.05, 0.1) is 10.7 Å². The fourth-order valence-electron chi connectivity index (χ4n) is 1.70. The molecule has 0 aliphatic carbocycles. The molecule has 18 heavy (non-hydrogen) atoms. The van der Waals surface area contributed by atoms with Crippen LogP contribution in [0.4, 0.5) is 5.69 Å². The van der Waals surface area contributed by atoms with E-state index < -0.39 is 26.5 Å². The Bertz CT molecular complexity index is 528. The van der Waals surface area contributed by atoms with Crippen LogP contribution in [0.5, 0.6) is 0 Å². The van der Waals surface area contributed by atoms with Gasteiger partial charge in [-0.25, -0.2) is 8.42 Å². The van der Waals surface area contributed by atoms with Gasteiger partial charge < -0.3 is 5.73 Å². The Kier molecular flexibility index (Phi) is 4.80. The minimum Gasteiger partial charge on any atom is -0.327 e. The van der Waals surface area contributed by atoms with E-state index in [-0.39, 0.29) is 10.6 Å². The minimum absolute atomic E-state index is 0.262. The molecule has 0 bridgehead atoms. The highest BCUT2D eigenvalue weighted by atomic mass is 32.2. The van der Waals surface area contributed by atoms with E-state index in [4.69, 9.17) is 5.73 Å². The SMILES string of the molecule is CCCC(N)CS(=O)(=O)c1ccccc1[N+](=O)[O-]. The van der Waals surface area contributed by atoms with Crippen LogP contribution in [0.2, 0.25) is 0 Å². The van der Waals surface area contributed by atoms with E-state index >= 15 is 0 Å². The lowest BCUT2D eigenvalue weighted by atomic mass is 10.2. The van der Waals surface area contributed by atoms with Gasteiger partial charge >= 0.3 is 0 Å². The average molecular weight is 272 g/mol. The molecule has 0 heterocycles. The monoisotopic (exact) mass is 272 g/mol. The van der Waals surface area contributed by atoms with Crippen molar-refractivity contribution < 1.29 is 13.3 Å². The lowest BCUT2D eigenvalue weighted by Crippen LogP contribution is -2.29. The van der Waals surface area contributed by atoms with Gasteiger partial charge in [0, 0.05) is 12.1 Å². The van der Waals surface area contributed by atoms with Gasteiger partial charge in [-0.2, -0.15) is 0 Å². The van der Waals surface area contributed by atoms with E-state index in [9.17, 15) is 18.5 Å². The largest absolute Gasteiger partial charge is 0.327 e. The van der Waals surface area contributed by atoms with Gasteiger partial charge in [0.25, 0.3) is 5.69 Å². The number of para-hydroxylation sites is 1. The van der Waals surface area contributed by atoms with Crippen molar-refractivity contribution in [3.05, 3.63) is 34.4 Å². The van der Waals surface area contributed by atoms with Crippen LogP contribution in [-0.2, 0) is 9.84 Å². The molecule has 0 saturated carbocycles. The molecule has 1 rings (SSSR count). The first-order valence-corrected chi connectivity index (χ1v) is 7.25. The number of nitrogens with two attached hydrogens (primary N) is 1. The molecule has 0 aromatic heterocycles. The number of hydrogen-bond donors (Lipinski definition) is 1. The second-order valence-electron chi connectivity index (χ2n) is 4.06. The zero-order chi connectivity index (χ0) is 13.8. The molecule has 1 aromatic carbocycles. The van der Waals surface area contributed by atoms with E-state index in [2.05, 4.69) is 0 Å². The summed E-state index contributed by atoms with van der Waals surface area (Å²) < 4.78 is 24.1. The van der Waals surface area contributed by atoms with Crippen LogP contribution in [0.15, 0.2) is 29.2 Å². The number of nitro groups is 1. The number of rotatable bonds is 6. The number of nitrogens with zero attached hydrogens (tertiary/aromatic N) is 1. The second-order valence-corrected chi connectivity index (χ2v) is 6.06. The second kappa shape index (κ2) is 5.92. The van der Waals surface area contributed by atoms with Crippen molar-refractivity contribution >= 4 is 15.5 Å². The lowest BCUT2D eigenvalue weighted by molar-refractivity contribution is -0.387. The first kappa shape index (κ1) is 14.6. The van der Waals surface area contributed by atoms with Gasteiger partial charge in [0.1, 0.15) is 4.90 Å². The van der Waals surface area contributed by atoms with Crippen molar-refractivity contribution in [3.63, 3.8) is 0 Å². The molecule has 0 aliphatic rings. The van der Waals surface area contributed by atoms with Crippen LogP contribution in [-0.4, -0.2) is 25.1 Å². The maximum atomic E-state index is 12.1. The van der Waals surface area contributed by atoms with E-state index in [1.54, 1.807) is 0 Å². The first-order valence-electron chi connectivity index (χ1n) is 5.60. The van der Waals surface area contributed by atoms with Crippen LogP contribution in [0.3, 0.4) is 0 Å². The highest BCUT2D eigenvalue weighted by Gasteiger charge is 2.26. The number of benzene rings is 1. The van der Waals surface area contributed by atoms with Crippen molar-refractivity contribution in [2.24, 2.45) is 5.73 Å². The van der Waals surface area contributed by atoms with Crippen LogP contribution >= 0.6 is 0 Å². The quantitative estimate of drug-likeness (QED) is 0.624. The van der Waals surface area contributed by atoms with Crippen molar-refractivity contribution in [1.82, 2.24) is 0 Å². The molecule has 6 nitrogen and oxygen atoms in total. The smallest absolute Gasteiger partial charge is 0.287 e. The van der Waals surface area contributed by atoms with Gasteiger partial charge in [-0.1, -0.05) is 25.5 Å². The highest BCUT2D eigenvalue weighted by Crippen LogP contribution is 2.24. The Morgan fingerprint density at radius 3 is 2.56 bits per heavy atom. The standard InChI is InChI=1S/C11H16N2O4S/c1-2-5-9(12)8-18(16,17)11-7-4-3-6-10(11)13(14)15/h3-4,6-7,9H,2,5,8,12H2,1H3. The molecule has 7 heteroatoms. The van der Waals surface area contributed by atoms with Crippen molar-refractivity contribution in [3.8, 4) is 0 Å². The molecule has 0 aliphatic heterocycles. The normalized spacial score (nSPS) is 13.2. The van der Waals surface area contributed by atoms with Crippen molar-refractivity contribution in [1.29, 1.82) is 0 Å². The van der Waals surface area contributed by atoms with E-state index in [1.807, 2.05) is 6.92 Å². The summed E-state index contributed by atoms with van der Waals surface area (Å²) in [5, 5.41) is 10.8. The van der Waals surface area contributed by atoms with Crippen LogP contribution in [0, 0.1) is 10.1 Å². The zero-order valence-electron chi connectivity index (χ0n) is 10.1. The Hall–Kier alpha value is -1.47. The number of nitro benzene ring substituents is 1. The molecule has 0 spiro atoms. The third-order valence-electron chi connectivity index (χ3n) is 2.49. The third kappa shape index (κ3) is 3.51. The van der Waals surface area contributed by atoms with Gasteiger partial charge in [0.2, 0.25) is 0 Å². The van der Waals surface area contributed by atoms with Gasteiger partial charge in [-0.05, 0) is 12.5 Å². The summed E-state index contributed by atoms with van der Waals surface area (Å²) in [6, 6.07) is 4.82. The molecule has 0 amide bonds. The fourth-order valence-corrected chi connectivity index (χ4v) is 3.35. The Morgan fingerprint density at radius 2 is 2.00 bits per heavy atom. The molecule has 0 saturated heterocycles. The average Bonchev–Trinajstić information content (AvgIpc) is 2.28. The summed E-state index contributed by atoms with van der Waals surface area (Å²) in [6.45, 7) is 1.90. The van der Waals surface area contributed by atoms with Crippen LogP contribution in [0.25, 0.3) is 0 Å². The van der Waals surface area contributed by atoms with Gasteiger partial charge in [-0.3, -0.25) is 10.1 Å². The summed E-state index contributed by atoms with van der Waals surface area (Å²) in [4.78, 5) is 9.83. The van der Waals surface area contributed by atoms with E-state index in [0.29, 0.717) is 6.42 Å². The fraction of sp³-hybridized carbons (Fsp3) is 0.455. The Balaban J connectivity index is 3.09. The van der Waals surface area contributed by atoms with E-state index in [1.165, 1.54) is 24.3 Å². The topological polar surface area (TPSA) is 103 Å². The third-order valence-corrected chi connectivity index (χ3v) is 4.37. The van der Waals surface area contributed by atoms with Crippen molar-refractivity contribution in [2.45, 2.75) is 30.7 Å². The van der Waals surface area contributed by atoms with Gasteiger partial charge in [0.15, 0.2) is 9.84 Å². The predicted octanol–water partition coefficient (Wildman–Crippen LogP) is 1.50. The maximum Gasteiger partial charge on any atom is 0.287 e. The summed E-state index contributed by atoms with van der Waals surface area (Å²) in [5.41, 5.74) is 5.28. The first-order chi connectivity index (χ1) is 8.38. The molecule has 0 fully saturated rings. The maximum absolute atomic E-state index is 12.1. The van der Waals surface area contributed by atoms with Crippen LogP contribution < -0.4 is 5.73 Å². The van der Waals surface area contributed by atoms with Crippen LogP contribution in [0.1, 0.15) is 19.8 Å². The van der Waals surface area contributed by atoms with E-state index in [0.717, 1.165) is 6.42 Å². The molecule has 0 radical (unpaired) electrons. The summed E-state index contributed by atoms with van der Waals surface area (Å²) in [6.07, 6.45) is 1.34. The Labute approximate surface area is 106 Å². The lowest BCUT2D eigenvalue weighted by Gasteiger charge is -2.11. The molecule has 100 valence electrons. The molecule has 1 aromatic rings. The predicted molar refractivity (Wildman–Crippen MR) is 68.0 cm³/mol. The van der Waals surface area contributed by atoms with Crippen molar-refractivity contribution in [2.75, 3.05) is 5.75 Å². The number of sulfone groups is 1. The minimum atomic E-state index is -3.72. The highest BCUT2D eigenvalue weighted by molar-refractivity contribution is 7.91. The molecular weight excluding hydrogens is 256 g/mol. The molecule has 1 unspecified atom stereocenters. The van der Waals surface area contributed by atoms with Gasteiger partial charge in [-0.15, -0.1) is 0 Å². The Morgan fingerprint density at radius 1 is 1.39 bits per heavy atom. The summed E-state index contributed by atoms with van der Waals surface area (Å²) >= 11 is 0. The summed E-state index contributed by atoms with van der Waals surface area (Å²) in [7, 11) is -3.72. The number of hydrogen-bond acceptors (Lipinski definition) is 5. The molecular formula is C11H16N2O4S. The molecule has 1 atom stereocenters. The zero-order valence-corrected chi connectivity index (χ0v) is 10.9. The summed E-state index contributed by atoms with van der Waals surface area (Å²) in [5.74, 6) is -0.272.